The molecule has 9 heteroatoms. The van der Waals surface area contributed by atoms with Crippen LogP contribution in [0.15, 0.2) is 17.2 Å². The Morgan fingerprint density at radius 2 is 2.04 bits per heavy atom. The number of ether oxygens (including phenoxy) is 3. The Balaban J connectivity index is 1.45. The fourth-order valence-corrected chi connectivity index (χ4v) is 3.22. The van der Waals surface area contributed by atoms with Gasteiger partial charge in [-0.2, -0.15) is 5.10 Å². The molecule has 1 saturated heterocycles. The van der Waals surface area contributed by atoms with Gasteiger partial charge in [0.25, 0.3) is 0 Å². The van der Waals surface area contributed by atoms with Gasteiger partial charge in [0, 0.05) is 6.42 Å². The van der Waals surface area contributed by atoms with E-state index >= 15 is 0 Å². The van der Waals surface area contributed by atoms with Crippen LogP contribution in [0.25, 0.3) is 0 Å². The van der Waals surface area contributed by atoms with E-state index in [2.05, 4.69) is 15.8 Å². The number of halogens is 1. The van der Waals surface area contributed by atoms with E-state index in [0.29, 0.717) is 34.8 Å². The highest BCUT2D eigenvalue weighted by atomic mass is 35.5. The van der Waals surface area contributed by atoms with Crippen molar-refractivity contribution in [3.63, 3.8) is 0 Å². The first-order valence-electron chi connectivity index (χ1n) is 8.80. The van der Waals surface area contributed by atoms with Crippen molar-refractivity contribution < 1.29 is 19.1 Å². The number of hydrogen-bond acceptors (Lipinski definition) is 5. The van der Waals surface area contributed by atoms with Crippen LogP contribution in [0.3, 0.4) is 0 Å². The van der Waals surface area contributed by atoms with E-state index in [4.69, 9.17) is 38.0 Å². The van der Waals surface area contributed by atoms with Crippen LogP contribution in [0.5, 0.6) is 11.5 Å². The predicted molar refractivity (Wildman–Crippen MR) is 105 cm³/mol. The Labute approximate surface area is 163 Å². The molecular weight excluding hydrogens is 376 g/mol. The van der Waals surface area contributed by atoms with Crippen molar-refractivity contribution in [1.29, 1.82) is 0 Å². The van der Waals surface area contributed by atoms with Gasteiger partial charge in [0.05, 0.1) is 50.8 Å². The third-order valence-corrected chi connectivity index (χ3v) is 4.68. The maximum absolute atomic E-state index is 6.27. The van der Waals surface area contributed by atoms with Crippen LogP contribution < -0.4 is 25.1 Å². The van der Waals surface area contributed by atoms with Crippen molar-refractivity contribution >= 4 is 35.1 Å². The van der Waals surface area contributed by atoms with Gasteiger partial charge in [-0.25, -0.2) is 0 Å². The number of morpholine rings is 1. The summed E-state index contributed by atoms with van der Waals surface area (Å²) in [5, 5.41) is 8.33. The number of hydrogen-bond donors (Lipinski definition) is 3. The first kappa shape index (κ1) is 19.2. The number of rotatable bonds is 5. The van der Waals surface area contributed by atoms with Gasteiger partial charge in [0.2, 0.25) is 0 Å². The molecule has 0 aromatic heterocycles. The zero-order valence-electron chi connectivity index (χ0n) is 14.6. The van der Waals surface area contributed by atoms with Crippen molar-refractivity contribution in [2.45, 2.75) is 6.42 Å². The topological polar surface area (TPSA) is 68.5 Å². The Hall–Kier alpha value is -1.61. The SMILES string of the molecule is S=C(NCC[NH+]1CCOCC1)N/N=C\c1cc(Cl)c2c(c1)OCCCO2. The lowest BCUT2D eigenvalue weighted by Crippen LogP contribution is -3.14. The summed E-state index contributed by atoms with van der Waals surface area (Å²) in [6, 6.07) is 3.65. The Morgan fingerprint density at radius 3 is 2.88 bits per heavy atom. The van der Waals surface area contributed by atoms with Gasteiger partial charge in [0.15, 0.2) is 16.6 Å². The number of hydrazone groups is 1. The first-order chi connectivity index (χ1) is 12.7. The van der Waals surface area contributed by atoms with Crippen molar-refractivity contribution in [2.75, 3.05) is 52.6 Å². The molecule has 1 fully saturated rings. The quantitative estimate of drug-likeness (QED) is 0.374. The van der Waals surface area contributed by atoms with Gasteiger partial charge >= 0.3 is 0 Å². The zero-order valence-corrected chi connectivity index (χ0v) is 16.1. The highest BCUT2D eigenvalue weighted by molar-refractivity contribution is 7.80. The molecule has 26 heavy (non-hydrogen) atoms. The van der Waals surface area contributed by atoms with Gasteiger partial charge in [-0.3, -0.25) is 5.43 Å². The third-order valence-electron chi connectivity index (χ3n) is 4.17. The summed E-state index contributed by atoms with van der Waals surface area (Å²) in [5.41, 5.74) is 3.63. The van der Waals surface area contributed by atoms with Crippen LogP contribution in [0.2, 0.25) is 5.02 Å². The molecule has 0 atom stereocenters. The second-order valence-electron chi connectivity index (χ2n) is 6.12. The molecule has 2 aliphatic rings. The van der Waals surface area contributed by atoms with Gasteiger partial charge in [0.1, 0.15) is 13.1 Å². The summed E-state index contributed by atoms with van der Waals surface area (Å²) in [5.74, 6) is 1.24. The molecule has 3 rings (SSSR count). The molecule has 3 N–H and O–H groups in total. The molecule has 2 heterocycles. The number of nitrogens with zero attached hydrogens (tertiary/aromatic N) is 1. The summed E-state index contributed by atoms with van der Waals surface area (Å²) in [4.78, 5) is 1.52. The maximum Gasteiger partial charge on any atom is 0.187 e. The molecule has 0 spiro atoms. The minimum Gasteiger partial charge on any atom is -0.489 e. The van der Waals surface area contributed by atoms with Crippen molar-refractivity contribution in [3.05, 3.63) is 22.7 Å². The van der Waals surface area contributed by atoms with Crippen molar-refractivity contribution in [1.82, 2.24) is 10.7 Å². The standard InChI is InChI=1S/C17H23ClN4O3S/c18-14-10-13(11-15-16(14)25-7-1-6-24-15)12-20-21-17(26)19-2-3-22-4-8-23-9-5-22/h10-12H,1-9H2,(H2,19,21,26)/p+1/b20-12-. The summed E-state index contributed by atoms with van der Waals surface area (Å²) >= 11 is 11.5. The van der Waals surface area contributed by atoms with Crippen molar-refractivity contribution in [2.24, 2.45) is 5.10 Å². The summed E-state index contributed by atoms with van der Waals surface area (Å²) < 4.78 is 16.6. The number of thiocarbonyl (C=S) groups is 1. The number of nitrogens with one attached hydrogen (secondary N) is 3. The van der Waals surface area contributed by atoms with Gasteiger partial charge in [-0.1, -0.05) is 11.6 Å². The van der Waals surface area contributed by atoms with Crippen LogP contribution in [0.1, 0.15) is 12.0 Å². The molecule has 2 aliphatic heterocycles. The third kappa shape index (κ3) is 5.70. The number of benzene rings is 1. The normalized spacial score (nSPS) is 17.7. The zero-order chi connectivity index (χ0) is 18.2. The van der Waals surface area contributed by atoms with Crippen LogP contribution in [0, 0.1) is 0 Å². The lowest BCUT2D eigenvalue weighted by molar-refractivity contribution is -0.906. The van der Waals surface area contributed by atoms with Crippen LogP contribution in [-0.4, -0.2) is 63.9 Å². The fourth-order valence-electron chi connectivity index (χ4n) is 2.79. The Morgan fingerprint density at radius 1 is 1.23 bits per heavy atom. The Kier molecular flexibility index (Phi) is 7.31. The van der Waals surface area contributed by atoms with Gasteiger partial charge in [-0.05, 0) is 29.9 Å². The molecule has 0 unspecified atom stereocenters. The fraction of sp³-hybridized carbons (Fsp3) is 0.529. The minimum atomic E-state index is 0.495. The highest BCUT2D eigenvalue weighted by Gasteiger charge is 2.15. The lowest BCUT2D eigenvalue weighted by Gasteiger charge is -2.23. The molecule has 0 bridgehead atoms. The summed E-state index contributed by atoms with van der Waals surface area (Å²) in [6.45, 7) is 6.78. The number of fused-ring (bicyclic) bond motifs is 1. The van der Waals surface area contributed by atoms with Gasteiger partial charge in [-0.15, -0.1) is 0 Å². The molecule has 142 valence electrons. The maximum atomic E-state index is 6.27. The molecule has 1 aromatic rings. The van der Waals surface area contributed by atoms with Crippen LogP contribution in [-0.2, 0) is 4.74 Å². The second kappa shape index (κ2) is 9.91. The molecule has 7 nitrogen and oxygen atoms in total. The van der Waals surface area contributed by atoms with Crippen molar-refractivity contribution in [3.8, 4) is 11.5 Å². The predicted octanol–water partition coefficient (Wildman–Crippen LogP) is 0.214. The highest BCUT2D eigenvalue weighted by Crippen LogP contribution is 2.37. The molecular formula is C17H24ClN4O3S+. The van der Waals surface area contributed by atoms with Crippen LogP contribution in [0.4, 0.5) is 0 Å². The van der Waals surface area contributed by atoms with E-state index < -0.39 is 0 Å². The smallest absolute Gasteiger partial charge is 0.187 e. The summed E-state index contributed by atoms with van der Waals surface area (Å²) in [6.07, 6.45) is 2.49. The van der Waals surface area contributed by atoms with E-state index in [1.165, 1.54) is 4.90 Å². The summed E-state index contributed by atoms with van der Waals surface area (Å²) in [7, 11) is 0. The van der Waals surface area contributed by atoms with E-state index in [-0.39, 0.29) is 0 Å². The Bertz CT molecular complexity index is 653. The van der Waals surface area contributed by atoms with E-state index in [1.54, 1.807) is 12.3 Å². The van der Waals surface area contributed by atoms with Crippen LogP contribution >= 0.6 is 23.8 Å². The minimum absolute atomic E-state index is 0.495. The van der Waals surface area contributed by atoms with E-state index in [9.17, 15) is 0 Å². The average molecular weight is 400 g/mol. The second-order valence-corrected chi connectivity index (χ2v) is 6.93. The molecule has 0 aliphatic carbocycles. The molecule has 1 aromatic carbocycles. The lowest BCUT2D eigenvalue weighted by atomic mass is 10.2. The molecule has 0 radical (unpaired) electrons. The molecule has 0 amide bonds. The number of quaternary nitrogens is 1. The van der Waals surface area contributed by atoms with Gasteiger partial charge < -0.3 is 24.4 Å². The van der Waals surface area contributed by atoms with E-state index in [1.807, 2.05) is 6.07 Å². The largest absolute Gasteiger partial charge is 0.489 e. The van der Waals surface area contributed by atoms with E-state index in [0.717, 1.165) is 51.4 Å². The monoisotopic (exact) mass is 399 g/mol. The first-order valence-corrected chi connectivity index (χ1v) is 9.58. The average Bonchev–Trinajstić information content (AvgIpc) is 2.88. The molecule has 0 saturated carbocycles.